The summed E-state index contributed by atoms with van der Waals surface area (Å²) in [7, 11) is -3.74. The van der Waals surface area contributed by atoms with Crippen molar-refractivity contribution >= 4 is 15.9 Å². The van der Waals surface area contributed by atoms with E-state index in [4.69, 9.17) is 9.47 Å². The molecule has 1 atom stereocenters. The van der Waals surface area contributed by atoms with Crippen LogP contribution >= 0.6 is 0 Å². The van der Waals surface area contributed by atoms with Crippen molar-refractivity contribution in [3.8, 4) is 11.5 Å². The number of hydrogen-bond acceptors (Lipinski definition) is 5. The Hall–Kier alpha value is -2.58. The van der Waals surface area contributed by atoms with E-state index in [1.807, 2.05) is 18.2 Å². The predicted octanol–water partition coefficient (Wildman–Crippen LogP) is 2.32. The second kappa shape index (κ2) is 8.42. The van der Waals surface area contributed by atoms with Gasteiger partial charge < -0.3 is 14.8 Å². The average Bonchev–Trinajstić information content (AvgIpc) is 2.73. The van der Waals surface area contributed by atoms with E-state index in [0.29, 0.717) is 24.7 Å². The van der Waals surface area contributed by atoms with Gasteiger partial charge in [0.15, 0.2) is 11.5 Å². The number of carbonyl (C=O) groups excluding carboxylic acids is 1. The molecule has 29 heavy (non-hydrogen) atoms. The highest BCUT2D eigenvalue weighted by atomic mass is 32.2. The summed E-state index contributed by atoms with van der Waals surface area (Å²) in [5.41, 5.74) is 2.42. The molecule has 1 unspecified atom stereocenters. The minimum absolute atomic E-state index is 0.0122. The quantitative estimate of drug-likeness (QED) is 0.754. The summed E-state index contributed by atoms with van der Waals surface area (Å²) in [5.74, 6) is 0.770. The Kier molecular flexibility index (Phi) is 5.73. The van der Waals surface area contributed by atoms with Gasteiger partial charge in [0, 0.05) is 19.0 Å². The van der Waals surface area contributed by atoms with E-state index in [-0.39, 0.29) is 29.8 Å². The second-order valence-electron chi connectivity index (χ2n) is 7.16. The van der Waals surface area contributed by atoms with Crippen LogP contribution in [0.5, 0.6) is 11.5 Å². The van der Waals surface area contributed by atoms with Crippen molar-refractivity contribution < 1.29 is 22.7 Å². The van der Waals surface area contributed by atoms with Gasteiger partial charge in [0.1, 0.15) is 13.2 Å². The van der Waals surface area contributed by atoms with Gasteiger partial charge in [-0.1, -0.05) is 24.3 Å². The van der Waals surface area contributed by atoms with Crippen LogP contribution in [-0.2, 0) is 21.2 Å². The number of aryl methyl sites for hydroxylation is 1. The molecule has 2 aromatic carbocycles. The fraction of sp³-hybridized carbons (Fsp3) is 0.381. The summed E-state index contributed by atoms with van der Waals surface area (Å²) in [6, 6.07) is 12.6. The van der Waals surface area contributed by atoms with Crippen LogP contribution in [0.3, 0.4) is 0 Å². The van der Waals surface area contributed by atoms with Crippen molar-refractivity contribution in [3.63, 3.8) is 0 Å². The topological polar surface area (TPSA) is 93.7 Å². The number of nitrogens with one attached hydrogen (secondary N) is 2. The SMILES string of the molecule is O=C(CCNS(=O)(=O)c1ccc2c(c1)OCCO2)NC1CCCc2ccccc21. The Morgan fingerprint density at radius 2 is 1.86 bits per heavy atom. The van der Waals surface area contributed by atoms with Gasteiger partial charge in [-0.2, -0.15) is 0 Å². The van der Waals surface area contributed by atoms with Gasteiger partial charge in [-0.05, 0) is 42.5 Å². The van der Waals surface area contributed by atoms with E-state index in [0.717, 1.165) is 24.8 Å². The van der Waals surface area contributed by atoms with Gasteiger partial charge in [0.25, 0.3) is 0 Å². The fourth-order valence-corrected chi connectivity index (χ4v) is 4.79. The molecule has 2 aromatic rings. The van der Waals surface area contributed by atoms with Gasteiger partial charge in [-0.25, -0.2) is 13.1 Å². The molecule has 0 fully saturated rings. The molecule has 8 heteroatoms. The molecule has 0 aromatic heterocycles. The number of amides is 1. The predicted molar refractivity (Wildman–Crippen MR) is 108 cm³/mol. The Morgan fingerprint density at radius 1 is 1.07 bits per heavy atom. The van der Waals surface area contributed by atoms with E-state index in [2.05, 4.69) is 16.1 Å². The summed E-state index contributed by atoms with van der Waals surface area (Å²) in [6.45, 7) is 0.850. The van der Waals surface area contributed by atoms with E-state index in [1.165, 1.54) is 17.7 Å². The molecule has 0 bridgehead atoms. The number of benzene rings is 2. The van der Waals surface area contributed by atoms with Gasteiger partial charge in [0.2, 0.25) is 15.9 Å². The standard InChI is InChI=1S/C21H24N2O5S/c24-21(23-18-7-3-5-15-4-1-2-6-17(15)18)10-11-22-29(25,26)16-8-9-19-20(14-16)28-13-12-27-19/h1-2,4,6,8-9,14,18,22H,3,5,7,10-13H2,(H,23,24). The van der Waals surface area contributed by atoms with Crippen molar-refractivity contribution in [1.29, 1.82) is 0 Å². The first kappa shape index (κ1) is 19.7. The Labute approximate surface area is 170 Å². The van der Waals surface area contributed by atoms with Crippen LogP contribution in [0.4, 0.5) is 0 Å². The lowest BCUT2D eigenvalue weighted by Gasteiger charge is -2.26. The molecule has 1 heterocycles. The smallest absolute Gasteiger partial charge is 0.240 e. The molecule has 7 nitrogen and oxygen atoms in total. The Balaban J connectivity index is 1.32. The highest BCUT2D eigenvalue weighted by Gasteiger charge is 2.22. The first-order chi connectivity index (χ1) is 14.0. The highest BCUT2D eigenvalue weighted by molar-refractivity contribution is 7.89. The monoisotopic (exact) mass is 416 g/mol. The van der Waals surface area contributed by atoms with Crippen molar-refractivity contribution in [3.05, 3.63) is 53.6 Å². The first-order valence-corrected chi connectivity index (χ1v) is 11.3. The van der Waals surface area contributed by atoms with Crippen LogP contribution in [0.25, 0.3) is 0 Å². The summed E-state index contributed by atoms with van der Waals surface area (Å²) in [6.07, 6.45) is 3.02. The largest absolute Gasteiger partial charge is 0.486 e. The lowest BCUT2D eigenvalue weighted by atomic mass is 9.88. The van der Waals surface area contributed by atoms with Gasteiger partial charge in [-0.15, -0.1) is 0 Å². The van der Waals surface area contributed by atoms with Crippen LogP contribution in [0, 0.1) is 0 Å². The molecule has 4 rings (SSSR count). The van der Waals surface area contributed by atoms with Crippen LogP contribution in [0.2, 0.25) is 0 Å². The second-order valence-corrected chi connectivity index (χ2v) is 8.93. The third-order valence-corrected chi connectivity index (χ3v) is 6.63. The highest BCUT2D eigenvalue weighted by Crippen LogP contribution is 2.32. The number of rotatable bonds is 6. The number of fused-ring (bicyclic) bond motifs is 2. The summed E-state index contributed by atoms with van der Waals surface area (Å²) in [4.78, 5) is 12.4. The molecule has 0 saturated carbocycles. The molecular weight excluding hydrogens is 392 g/mol. The zero-order valence-electron chi connectivity index (χ0n) is 16.0. The van der Waals surface area contributed by atoms with Crippen molar-refractivity contribution in [2.45, 2.75) is 36.6 Å². The van der Waals surface area contributed by atoms with E-state index in [9.17, 15) is 13.2 Å². The summed E-state index contributed by atoms with van der Waals surface area (Å²) < 4.78 is 38.4. The normalized spacial score (nSPS) is 18.0. The zero-order valence-corrected chi connectivity index (χ0v) is 16.8. The third kappa shape index (κ3) is 4.54. The Morgan fingerprint density at radius 3 is 2.72 bits per heavy atom. The fourth-order valence-electron chi connectivity index (χ4n) is 3.74. The van der Waals surface area contributed by atoms with Crippen molar-refractivity contribution in [2.24, 2.45) is 0 Å². The zero-order chi connectivity index (χ0) is 20.3. The van der Waals surface area contributed by atoms with Crippen LogP contribution in [-0.4, -0.2) is 34.1 Å². The minimum atomic E-state index is -3.74. The molecule has 0 radical (unpaired) electrons. The molecule has 0 saturated heterocycles. The number of ether oxygens (including phenoxy) is 2. The van der Waals surface area contributed by atoms with Crippen molar-refractivity contribution in [2.75, 3.05) is 19.8 Å². The maximum atomic E-state index is 12.5. The van der Waals surface area contributed by atoms with Crippen LogP contribution in [0.15, 0.2) is 47.4 Å². The molecule has 2 N–H and O–H groups in total. The third-order valence-electron chi connectivity index (χ3n) is 5.17. The van der Waals surface area contributed by atoms with Crippen molar-refractivity contribution in [1.82, 2.24) is 10.0 Å². The number of sulfonamides is 1. The minimum Gasteiger partial charge on any atom is -0.486 e. The maximum Gasteiger partial charge on any atom is 0.240 e. The lowest BCUT2D eigenvalue weighted by molar-refractivity contribution is -0.121. The van der Waals surface area contributed by atoms with Gasteiger partial charge in [0.05, 0.1) is 10.9 Å². The molecule has 1 amide bonds. The number of carbonyl (C=O) groups is 1. The van der Waals surface area contributed by atoms with Crippen LogP contribution < -0.4 is 19.5 Å². The molecule has 1 aliphatic carbocycles. The summed E-state index contributed by atoms with van der Waals surface area (Å²) >= 11 is 0. The average molecular weight is 416 g/mol. The molecular formula is C21H24N2O5S. The summed E-state index contributed by atoms with van der Waals surface area (Å²) in [5, 5.41) is 3.03. The molecule has 1 aliphatic heterocycles. The first-order valence-electron chi connectivity index (χ1n) is 9.79. The van der Waals surface area contributed by atoms with Gasteiger partial charge >= 0.3 is 0 Å². The molecule has 2 aliphatic rings. The van der Waals surface area contributed by atoms with E-state index < -0.39 is 10.0 Å². The van der Waals surface area contributed by atoms with Gasteiger partial charge in [-0.3, -0.25) is 4.79 Å². The van der Waals surface area contributed by atoms with Crippen LogP contribution in [0.1, 0.15) is 36.4 Å². The Bertz CT molecular complexity index is 1010. The lowest BCUT2D eigenvalue weighted by Crippen LogP contribution is -2.34. The number of hydrogen-bond donors (Lipinski definition) is 2. The van der Waals surface area contributed by atoms with E-state index in [1.54, 1.807) is 6.07 Å². The molecule has 154 valence electrons. The maximum absolute atomic E-state index is 12.5. The van der Waals surface area contributed by atoms with E-state index >= 15 is 0 Å². The molecule has 0 spiro atoms.